The molecular weight excluding hydrogens is 260 g/mol. The lowest BCUT2D eigenvalue weighted by Crippen LogP contribution is -2.20. The van der Waals surface area contributed by atoms with Crippen LogP contribution in [-0.2, 0) is 0 Å². The molecule has 112 valence electrons. The minimum atomic E-state index is 0.691. The Morgan fingerprint density at radius 2 is 1.90 bits per heavy atom. The van der Waals surface area contributed by atoms with Gasteiger partial charge in [0.1, 0.15) is 5.82 Å². The average molecular weight is 284 g/mol. The zero-order chi connectivity index (χ0) is 14.7. The van der Waals surface area contributed by atoms with Crippen LogP contribution < -0.4 is 10.2 Å². The van der Waals surface area contributed by atoms with Gasteiger partial charge in [0.05, 0.1) is 5.52 Å². The molecule has 21 heavy (non-hydrogen) atoms. The topological polar surface area (TPSA) is 41.1 Å². The molecule has 0 bridgehead atoms. The second-order valence-electron chi connectivity index (χ2n) is 6.19. The van der Waals surface area contributed by atoms with Crippen molar-refractivity contribution in [2.45, 2.75) is 33.1 Å². The van der Waals surface area contributed by atoms with Gasteiger partial charge in [-0.25, -0.2) is 4.98 Å². The maximum atomic E-state index is 4.78. The van der Waals surface area contributed by atoms with Crippen molar-refractivity contribution in [1.82, 2.24) is 9.97 Å². The Morgan fingerprint density at radius 1 is 1.14 bits per heavy atom. The largest absolute Gasteiger partial charge is 0.356 e. The quantitative estimate of drug-likeness (QED) is 0.909. The first kappa shape index (κ1) is 14.1. The summed E-state index contributed by atoms with van der Waals surface area (Å²) >= 11 is 0. The molecule has 0 aliphatic carbocycles. The van der Waals surface area contributed by atoms with Crippen molar-refractivity contribution in [2.75, 3.05) is 29.9 Å². The monoisotopic (exact) mass is 284 g/mol. The lowest BCUT2D eigenvalue weighted by atomic mass is 10.1. The van der Waals surface area contributed by atoms with Crippen molar-refractivity contribution >= 4 is 22.7 Å². The predicted octanol–water partition coefficient (Wildman–Crippen LogP) is 3.69. The highest BCUT2D eigenvalue weighted by Crippen LogP contribution is 2.27. The number of rotatable bonds is 5. The lowest BCUT2D eigenvalue weighted by molar-refractivity contribution is 0.606. The fraction of sp³-hybridized carbons (Fsp3) is 0.529. The fourth-order valence-electron chi connectivity index (χ4n) is 2.78. The Morgan fingerprint density at radius 3 is 2.67 bits per heavy atom. The number of anilines is 2. The number of hydrogen-bond donors (Lipinski definition) is 1. The molecule has 0 unspecified atom stereocenters. The highest BCUT2D eigenvalue weighted by atomic mass is 15.2. The molecule has 1 aromatic carbocycles. The van der Waals surface area contributed by atoms with E-state index >= 15 is 0 Å². The molecule has 3 rings (SSSR count). The molecule has 1 saturated heterocycles. The summed E-state index contributed by atoms with van der Waals surface area (Å²) in [5.41, 5.74) is 1.03. The van der Waals surface area contributed by atoms with Crippen LogP contribution in [0.15, 0.2) is 24.3 Å². The van der Waals surface area contributed by atoms with E-state index < -0.39 is 0 Å². The third-order valence-electron chi connectivity index (χ3n) is 3.99. The summed E-state index contributed by atoms with van der Waals surface area (Å²) in [5, 5.41) is 4.54. The first-order valence-corrected chi connectivity index (χ1v) is 7.99. The minimum Gasteiger partial charge on any atom is -0.356 e. The smallest absolute Gasteiger partial charge is 0.225 e. The summed E-state index contributed by atoms with van der Waals surface area (Å²) < 4.78 is 0. The zero-order valence-electron chi connectivity index (χ0n) is 13.0. The maximum absolute atomic E-state index is 4.78. The van der Waals surface area contributed by atoms with Crippen molar-refractivity contribution in [3.63, 3.8) is 0 Å². The van der Waals surface area contributed by atoms with Crippen molar-refractivity contribution in [3.8, 4) is 0 Å². The van der Waals surface area contributed by atoms with Crippen LogP contribution in [0.3, 0.4) is 0 Å². The molecule has 1 fully saturated rings. The Kier molecular flexibility index (Phi) is 4.23. The first-order valence-electron chi connectivity index (χ1n) is 7.99. The van der Waals surface area contributed by atoms with Gasteiger partial charge in [0, 0.05) is 25.0 Å². The van der Waals surface area contributed by atoms with Gasteiger partial charge in [0.15, 0.2) is 0 Å². The van der Waals surface area contributed by atoms with Gasteiger partial charge in [-0.05, 0) is 37.3 Å². The molecule has 4 nitrogen and oxygen atoms in total. The van der Waals surface area contributed by atoms with Crippen LogP contribution in [0.2, 0.25) is 0 Å². The van der Waals surface area contributed by atoms with Crippen molar-refractivity contribution < 1.29 is 0 Å². The van der Waals surface area contributed by atoms with E-state index in [4.69, 9.17) is 4.98 Å². The third-order valence-corrected chi connectivity index (χ3v) is 3.99. The summed E-state index contributed by atoms with van der Waals surface area (Å²) in [6.07, 6.45) is 3.65. The predicted molar refractivity (Wildman–Crippen MR) is 88.9 cm³/mol. The maximum Gasteiger partial charge on any atom is 0.225 e. The summed E-state index contributed by atoms with van der Waals surface area (Å²) in [6.45, 7) is 7.60. The van der Waals surface area contributed by atoms with E-state index in [1.807, 2.05) is 6.07 Å². The number of nitrogens with zero attached hydrogens (tertiary/aromatic N) is 3. The van der Waals surface area contributed by atoms with E-state index in [0.29, 0.717) is 5.92 Å². The van der Waals surface area contributed by atoms with Gasteiger partial charge in [-0.15, -0.1) is 0 Å². The molecule has 0 radical (unpaired) electrons. The molecule has 4 heteroatoms. The van der Waals surface area contributed by atoms with Gasteiger partial charge < -0.3 is 10.2 Å². The SMILES string of the molecule is CC(C)CCNc1nc(N2CCCC2)c2ccccc2n1. The molecule has 1 N–H and O–H groups in total. The van der Waals surface area contributed by atoms with Crippen LogP contribution in [0.1, 0.15) is 33.1 Å². The van der Waals surface area contributed by atoms with Crippen molar-refractivity contribution in [1.29, 1.82) is 0 Å². The molecular formula is C17H24N4. The van der Waals surface area contributed by atoms with E-state index in [1.54, 1.807) is 0 Å². The van der Waals surface area contributed by atoms with Crippen LogP contribution in [0.5, 0.6) is 0 Å². The summed E-state index contributed by atoms with van der Waals surface area (Å²) in [7, 11) is 0. The molecule has 1 aromatic heterocycles. The first-order chi connectivity index (χ1) is 10.2. The molecule has 1 aliphatic rings. The highest BCUT2D eigenvalue weighted by molar-refractivity contribution is 5.90. The molecule has 1 aliphatic heterocycles. The molecule has 0 spiro atoms. The van der Waals surface area contributed by atoms with Crippen molar-refractivity contribution in [2.24, 2.45) is 5.92 Å². The van der Waals surface area contributed by atoms with Crippen LogP contribution in [0.25, 0.3) is 10.9 Å². The van der Waals surface area contributed by atoms with Gasteiger partial charge in [0.2, 0.25) is 5.95 Å². The molecule has 2 heterocycles. The second-order valence-corrected chi connectivity index (χ2v) is 6.19. The Hall–Kier alpha value is -1.84. The summed E-state index contributed by atoms with van der Waals surface area (Å²) in [5.74, 6) is 2.54. The minimum absolute atomic E-state index is 0.691. The van der Waals surface area contributed by atoms with E-state index in [1.165, 1.54) is 12.8 Å². The third kappa shape index (κ3) is 3.26. The molecule has 0 saturated carbocycles. The van der Waals surface area contributed by atoms with E-state index in [2.05, 4.69) is 47.2 Å². The standard InChI is InChI=1S/C17H24N4/c1-13(2)9-10-18-17-19-15-8-4-3-7-14(15)16(20-17)21-11-5-6-12-21/h3-4,7-8,13H,5-6,9-12H2,1-2H3,(H,18,19,20). The Balaban J connectivity index is 1.90. The average Bonchev–Trinajstić information content (AvgIpc) is 3.00. The summed E-state index contributed by atoms with van der Waals surface area (Å²) in [4.78, 5) is 11.8. The van der Waals surface area contributed by atoms with Crippen molar-refractivity contribution in [3.05, 3.63) is 24.3 Å². The second kappa shape index (κ2) is 6.29. The Bertz CT molecular complexity index is 603. The van der Waals surface area contributed by atoms with Crippen LogP contribution in [0.4, 0.5) is 11.8 Å². The molecule has 0 atom stereocenters. The number of fused-ring (bicyclic) bond motifs is 1. The van der Waals surface area contributed by atoms with Crippen LogP contribution >= 0.6 is 0 Å². The zero-order valence-corrected chi connectivity index (χ0v) is 13.0. The normalized spacial score (nSPS) is 15.1. The van der Waals surface area contributed by atoms with Crippen LogP contribution in [0, 0.1) is 5.92 Å². The lowest BCUT2D eigenvalue weighted by Gasteiger charge is -2.19. The summed E-state index contributed by atoms with van der Waals surface area (Å²) in [6, 6.07) is 8.31. The number of para-hydroxylation sites is 1. The number of hydrogen-bond acceptors (Lipinski definition) is 4. The number of benzene rings is 1. The van der Waals surface area contributed by atoms with Gasteiger partial charge >= 0.3 is 0 Å². The van der Waals surface area contributed by atoms with Gasteiger partial charge in [-0.1, -0.05) is 26.0 Å². The fourth-order valence-corrected chi connectivity index (χ4v) is 2.78. The molecule has 0 amide bonds. The van der Waals surface area contributed by atoms with E-state index in [9.17, 15) is 0 Å². The van der Waals surface area contributed by atoms with Gasteiger partial charge in [0.25, 0.3) is 0 Å². The number of nitrogens with one attached hydrogen (secondary N) is 1. The van der Waals surface area contributed by atoms with Gasteiger partial charge in [-0.3, -0.25) is 0 Å². The van der Waals surface area contributed by atoms with E-state index in [0.717, 1.165) is 48.7 Å². The number of aromatic nitrogens is 2. The van der Waals surface area contributed by atoms with Gasteiger partial charge in [-0.2, -0.15) is 4.98 Å². The van der Waals surface area contributed by atoms with E-state index in [-0.39, 0.29) is 0 Å². The molecule has 2 aromatic rings. The highest BCUT2D eigenvalue weighted by Gasteiger charge is 2.17. The Labute approximate surface area is 126 Å². The van der Waals surface area contributed by atoms with Crippen LogP contribution in [-0.4, -0.2) is 29.6 Å².